The molecule has 0 N–H and O–H groups in total. The zero-order valence-electron chi connectivity index (χ0n) is 19.4. The van der Waals surface area contributed by atoms with Crippen molar-refractivity contribution < 1.29 is 14.0 Å². The van der Waals surface area contributed by atoms with Gasteiger partial charge in [-0.1, -0.05) is 68.4 Å². The standard InChI is InChI=1S/C29H27FN2O2/c1-29(2)17-23-27(25(33)18-29)28(20-12-14-21(30)15-13-20)32(24-11-7-6-10-22(24)31-23)26(34)16-19-8-4-3-5-9-19/h3-15,27-28H,16-18H2,1-2H3/t27?,28-/m1/s1. The molecule has 0 spiro atoms. The number of benzene rings is 3. The van der Waals surface area contributed by atoms with Gasteiger partial charge in [0.2, 0.25) is 5.91 Å². The third kappa shape index (κ3) is 4.18. The smallest absolute Gasteiger partial charge is 0.232 e. The van der Waals surface area contributed by atoms with Crippen LogP contribution in [0.15, 0.2) is 83.9 Å². The average molecular weight is 455 g/mol. The van der Waals surface area contributed by atoms with Gasteiger partial charge in [0, 0.05) is 12.1 Å². The van der Waals surface area contributed by atoms with Gasteiger partial charge in [0.25, 0.3) is 0 Å². The van der Waals surface area contributed by atoms with Gasteiger partial charge in [-0.3, -0.25) is 14.6 Å². The molecule has 1 saturated carbocycles. The Hall–Kier alpha value is -3.60. The van der Waals surface area contributed by atoms with Gasteiger partial charge in [-0.05, 0) is 47.2 Å². The Balaban J connectivity index is 1.70. The number of para-hydroxylation sites is 2. The highest BCUT2D eigenvalue weighted by Crippen LogP contribution is 2.48. The molecule has 1 aliphatic carbocycles. The van der Waals surface area contributed by atoms with E-state index in [1.165, 1.54) is 12.1 Å². The Morgan fingerprint density at radius 1 is 0.971 bits per heavy atom. The van der Waals surface area contributed by atoms with Gasteiger partial charge in [-0.2, -0.15) is 0 Å². The van der Waals surface area contributed by atoms with Gasteiger partial charge >= 0.3 is 0 Å². The van der Waals surface area contributed by atoms with Crippen LogP contribution in [0.3, 0.4) is 0 Å². The van der Waals surface area contributed by atoms with Crippen LogP contribution < -0.4 is 4.90 Å². The average Bonchev–Trinajstić information content (AvgIpc) is 2.94. The number of hydrogen-bond donors (Lipinski definition) is 0. The zero-order valence-corrected chi connectivity index (χ0v) is 19.4. The van der Waals surface area contributed by atoms with E-state index in [9.17, 15) is 14.0 Å². The first-order valence-electron chi connectivity index (χ1n) is 11.6. The van der Waals surface area contributed by atoms with Crippen molar-refractivity contribution in [1.82, 2.24) is 0 Å². The number of hydrogen-bond acceptors (Lipinski definition) is 3. The molecule has 0 aromatic heterocycles. The molecule has 1 heterocycles. The number of carbonyl (C=O) groups excluding carboxylic acids is 2. The predicted octanol–water partition coefficient (Wildman–Crippen LogP) is 6.23. The molecule has 3 aromatic carbocycles. The van der Waals surface area contributed by atoms with Crippen molar-refractivity contribution >= 4 is 28.8 Å². The van der Waals surface area contributed by atoms with Crippen LogP contribution in [-0.4, -0.2) is 17.4 Å². The third-order valence-corrected chi connectivity index (χ3v) is 6.70. The molecule has 0 radical (unpaired) electrons. The maximum absolute atomic E-state index is 13.9. The normalized spacial score (nSPS) is 21.2. The number of nitrogens with zero attached hydrogens (tertiary/aromatic N) is 2. The molecule has 1 unspecified atom stereocenters. The quantitative estimate of drug-likeness (QED) is 0.471. The summed E-state index contributed by atoms with van der Waals surface area (Å²) in [4.78, 5) is 34.3. The largest absolute Gasteiger partial charge is 0.301 e. The van der Waals surface area contributed by atoms with Crippen LogP contribution in [0.25, 0.3) is 0 Å². The number of anilines is 1. The summed E-state index contributed by atoms with van der Waals surface area (Å²) in [5.74, 6) is -0.993. The molecule has 0 bridgehead atoms. The Kier molecular flexibility index (Phi) is 5.64. The number of Topliss-reactive ketones (excluding diaryl/α,β-unsaturated/α-hetero) is 1. The molecule has 1 aliphatic heterocycles. The SMILES string of the molecule is CC1(C)CC(=O)C2C(=Nc3ccccc3N(C(=O)Cc3ccccc3)[C@@H]2c2ccc(F)cc2)C1. The monoisotopic (exact) mass is 454 g/mol. The van der Waals surface area contributed by atoms with Crippen molar-refractivity contribution in [2.45, 2.75) is 39.2 Å². The molecule has 3 aromatic rings. The van der Waals surface area contributed by atoms with E-state index in [-0.39, 0.29) is 29.3 Å². The summed E-state index contributed by atoms with van der Waals surface area (Å²) in [5.41, 5.74) is 3.55. The first kappa shape index (κ1) is 22.2. The van der Waals surface area contributed by atoms with Crippen LogP contribution in [-0.2, 0) is 16.0 Å². The summed E-state index contributed by atoms with van der Waals surface area (Å²) in [7, 11) is 0. The summed E-state index contributed by atoms with van der Waals surface area (Å²) < 4.78 is 13.9. The van der Waals surface area contributed by atoms with Crippen LogP contribution >= 0.6 is 0 Å². The minimum Gasteiger partial charge on any atom is -0.301 e. The van der Waals surface area contributed by atoms with Crippen LogP contribution in [0.4, 0.5) is 15.8 Å². The van der Waals surface area contributed by atoms with Crippen molar-refractivity contribution in [2.75, 3.05) is 4.90 Å². The number of aliphatic imine (C=N–C) groups is 1. The van der Waals surface area contributed by atoms with E-state index in [1.54, 1.807) is 17.0 Å². The number of rotatable bonds is 3. The second-order valence-electron chi connectivity index (χ2n) is 9.98. The minimum absolute atomic E-state index is 0.0645. The maximum Gasteiger partial charge on any atom is 0.232 e. The maximum atomic E-state index is 13.9. The van der Waals surface area contributed by atoms with Crippen LogP contribution in [0.1, 0.15) is 43.9 Å². The molecule has 0 saturated heterocycles. The minimum atomic E-state index is -0.595. The number of ketones is 1. The number of halogens is 1. The lowest BCUT2D eigenvalue weighted by Gasteiger charge is -2.41. The molecular formula is C29H27FN2O2. The number of fused-ring (bicyclic) bond motifs is 2. The molecule has 172 valence electrons. The fraction of sp³-hybridized carbons (Fsp3) is 0.276. The summed E-state index contributed by atoms with van der Waals surface area (Å²) >= 11 is 0. The lowest BCUT2D eigenvalue weighted by Crippen LogP contribution is -2.47. The molecular weight excluding hydrogens is 427 g/mol. The van der Waals surface area contributed by atoms with Crippen molar-refractivity contribution in [3.05, 3.63) is 95.8 Å². The summed E-state index contributed by atoms with van der Waals surface area (Å²) in [5, 5.41) is 0. The summed E-state index contributed by atoms with van der Waals surface area (Å²) in [6, 6.07) is 22.7. The molecule has 1 fully saturated rings. The summed E-state index contributed by atoms with van der Waals surface area (Å²) in [6.07, 6.45) is 1.26. The second kappa shape index (κ2) is 8.64. The van der Waals surface area contributed by atoms with Crippen LogP contribution in [0.2, 0.25) is 0 Å². The van der Waals surface area contributed by atoms with Crippen molar-refractivity contribution in [3.8, 4) is 0 Å². The van der Waals surface area contributed by atoms with Gasteiger partial charge in [-0.25, -0.2) is 4.39 Å². The Labute approximate surface area is 199 Å². The van der Waals surface area contributed by atoms with Crippen LogP contribution in [0, 0.1) is 17.2 Å². The molecule has 5 heteroatoms. The highest BCUT2D eigenvalue weighted by Gasteiger charge is 2.47. The number of carbonyl (C=O) groups is 2. The first-order valence-corrected chi connectivity index (χ1v) is 11.6. The predicted molar refractivity (Wildman–Crippen MR) is 132 cm³/mol. The van der Waals surface area contributed by atoms with E-state index in [2.05, 4.69) is 13.8 Å². The molecule has 34 heavy (non-hydrogen) atoms. The van der Waals surface area contributed by atoms with Crippen molar-refractivity contribution in [2.24, 2.45) is 16.3 Å². The first-order chi connectivity index (χ1) is 16.3. The molecule has 4 nitrogen and oxygen atoms in total. The highest BCUT2D eigenvalue weighted by molar-refractivity contribution is 6.13. The fourth-order valence-electron chi connectivity index (χ4n) is 5.26. The van der Waals surface area contributed by atoms with E-state index in [0.717, 1.165) is 16.8 Å². The third-order valence-electron chi connectivity index (χ3n) is 6.70. The Bertz CT molecular complexity index is 1260. The molecule has 2 atom stereocenters. The summed E-state index contributed by atoms with van der Waals surface area (Å²) in [6.45, 7) is 4.15. The van der Waals surface area contributed by atoms with Gasteiger partial charge < -0.3 is 4.90 Å². The van der Waals surface area contributed by atoms with E-state index >= 15 is 0 Å². The highest BCUT2D eigenvalue weighted by atomic mass is 19.1. The van der Waals surface area contributed by atoms with E-state index in [1.807, 2.05) is 54.6 Å². The van der Waals surface area contributed by atoms with E-state index in [4.69, 9.17) is 4.99 Å². The fourth-order valence-corrected chi connectivity index (χ4v) is 5.26. The second-order valence-corrected chi connectivity index (χ2v) is 9.98. The molecule has 5 rings (SSSR count). The molecule has 1 amide bonds. The van der Waals surface area contributed by atoms with Gasteiger partial charge in [0.1, 0.15) is 11.6 Å². The molecule has 2 aliphatic rings. The van der Waals surface area contributed by atoms with Crippen LogP contribution in [0.5, 0.6) is 0 Å². The van der Waals surface area contributed by atoms with Gasteiger partial charge in [0.05, 0.1) is 29.8 Å². The Morgan fingerprint density at radius 2 is 1.65 bits per heavy atom. The van der Waals surface area contributed by atoms with Crippen molar-refractivity contribution in [1.29, 1.82) is 0 Å². The van der Waals surface area contributed by atoms with Gasteiger partial charge in [-0.15, -0.1) is 0 Å². The Morgan fingerprint density at radius 3 is 2.38 bits per heavy atom. The van der Waals surface area contributed by atoms with E-state index in [0.29, 0.717) is 24.2 Å². The zero-order chi connectivity index (χ0) is 23.9. The lowest BCUT2D eigenvalue weighted by atomic mass is 9.68. The lowest BCUT2D eigenvalue weighted by molar-refractivity contribution is -0.124. The van der Waals surface area contributed by atoms with Crippen molar-refractivity contribution in [3.63, 3.8) is 0 Å². The topological polar surface area (TPSA) is 49.7 Å². The van der Waals surface area contributed by atoms with Gasteiger partial charge in [0.15, 0.2) is 0 Å². The van der Waals surface area contributed by atoms with E-state index < -0.39 is 12.0 Å². The number of amides is 1.